The van der Waals surface area contributed by atoms with Crippen LogP contribution in [0.15, 0.2) is 17.8 Å². The van der Waals surface area contributed by atoms with Gasteiger partial charge >= 0.3 is 0 Å². The van der Waals surface area contributed by atoms with Crippen LogP contribution in [-0.2, 0) is 20.8 Å². The molecule has 3 N–H and O–H groups in total. The molecule has 10 heteroatoms. The third kappa shape index (κ3) is 7.47. The molecule has 2 amide bonds. The van der Waals surface area contributed by atoms with Crippen molar-refractivity contribution < 1.29 is 19.5 Å². The van der Waals surface area contributed by atoms with Crippen molar-refractivity contribution in [2.75, 3.05) is 20.1 Å². The minimum Gasteiger partial charge on any atom is -0.481 e. The lowest BCUT2D eigenvalue weighted by Crippen LogP contribution is -2.42. The molecule has 3 heterocycles. The van der Waals surface area contributed by atoms with Gasteiger partial charge in [-0.2, -0.15) is 0 Å². The van der Waals surface area contributed by atoms with E-state index in [-0.39, 0.29) is 17.9 Å². The number of hydrogen-bond acceptors (Lipinski definition) is 6. The van der Waals surface area contributed by atoms with Gasteiger partial charge in [-0.1, -0.05) is 0 Å². The number of carboxylic acids is 1. The second-order valence-corrected chi connectivity index (χ2v) is 8.01. The molecule has 1 saturated heterocycles. The highest BCUT2D eigenvalue weighted by Gasteiger charge is 2.31. The van der Waals surface area contributed by atoms with Gasteiger partial charge in [0.05, 0.1) is 5.69 Å². The maximum atomic E-state index is 12.2. The van der Waals surface area contributed by atoms with Gasteiger partial charge in [-0.3, -0.25) is 23.7 Å². The third-order valence-corrected chi connectivity index (χ3v) is 5.61. The van der Waals surface area contributed by atoms with E-state index in [1.807, 2.05) is 29.2 Å². The fourth-order valence-electron chi connectivity index (χ4n) is 3.36. The van der Waals surface area contributed by atoms with Crippen LogP contribution >= 0.6 is 11.3 Å². The maximum absolute atomic E-state index is 12.2. The Morgan fingerprint density at radius 2 is 1.93 bits per heavy atom. The van der Waals surface area contributed by atoms with Gasteiger partial charge in [0.1, 0.15) is 0 Å². The van der Waals surface area contributed by atoms with Crippen molar-refractivity contribution in [2.24, 2.45) is 0 Å². The lowest BCUT2D eigenvalue weighted by Gasteiger charge is -2.25. The summed E-state index contributed by atoms with van der Waals surface area (Å²) in [4.78, 5) is 40.0. The summed E-state index contributed by atoms with van der Waals surface area (Å²) in [5, 5.41) is 15.3. The molecular formula is C19H29N5O4S. The summed E-state index contributed by atoms with van der Waals surface area (Å²) in [6, 6.07) is 0.567. The minimum absolute atomic E-state index is 0.00579. The zero-order chi connectivity index (χ0) is 21.4. The van der Waals surface area contributed by atoms with Crippen molar-refractivity contribution in [3.63, 3.8) is 0 Å². The van der Waals surface area contributed by atoms with Crippen LogP contribution in [0.4, 0.5) is 0 Å². The smallest absolute Gasteiger partial charge is 0.300 e. The number of likely N-dealkylation sites (tertiary alicyclic amines) is 1. The lowest BCUT2D eigenvalue weighted by molar-refractivity contribution is -0.134. The molecule has 1 aliphatic rings. The summed E-state index contributed by atoms with van der Waals surface area (Å²) >= 11 is 1.61. The predicted molar refractivity (Wildman–Crippen MR) is 111 cm³/mol. The van der Waals surface area contributed by atoms with E-state index in [1.54, 1.807) is 11.3 Å². The largest absolute Gasteiger partial charge is 0.481 e. The standard InChI is InChI=1S/C17H25N5O2S.C2H4O2/c1-12(23)19-10-15-4-3-14(21(15)2)9-16(24)18-6-5-13-11-22-7-8-25-17(22)20-13;1-2(3)4/h7-8,11,14-15H,3-6,9-10H2,1-2H3,(H,18,24)(H,19,23);1H3,(H,3,4)/t14-,15+;/m0./s1. The number of aromatic nitrogens is 2. The Balaban J connectivity index is 0.000000687. The SMILES string of the molecule is CC(=O)NC[C@H]1CC[C@@H](CC(=O)NCCc2cn3ccsc3n2)N1C.CC(=O)O. The van der Waals surface area contributed by atoms with E-state index < -0.39 is 5.97 Å². The number of thiazole rings is 1. The van der Waals surface area contributed by atoms with Gasteiger partial charge in [0.2, 0.25) is 11.8 Å². The molecule has 2 atom stereocenters. The van der Waals surface area contributed by atoms with Gasteiger partial charge in [-0.25, -0.2) is 4.98 Å². The van der Waals surface area contributed by atoms with E-state index in [4.69, 9.17) is 9.90 Å². The molecule has 1 aliphatic heterocycles. The molecule has 160 valence electrons. The van der Waals surface area contributed by atoms with Gasteiger partial charge < -0.3 is 15.7 Å². The van der Waals surface area contributed by atoms with Crippen molar-refractivity contribution in [3.05, 3.63) is 23.5 Å². The summed E-state index contributed by atoms with van der Waals surface area (Å²) in [5.74, 6) is -0.758. The summed E-state index contributed by atoms with van der Waals surface area (Å²) in [6.45, 7) is 3.88. The quantitative estimate of drug-likeness (QED) is 0.615. The number of amides is 2. The fraction of sp³-hybridized carbons (Fsp3) is 0.579. The number of carboxylic acid groups (broad SMARTS) is 1. The van der Waals surface area contributed by atoms with E-state index in [1.165, 1.54) is 6.92 Å². The molecule has 9 nitrogen and oxygen atoms in total. The molecule has 0 saturated carbocycles. The number of carbonyl (C=O) groups excluding carboxylic acids is 2. The van der Waals surface area contributed by atoms with E-state index in [0.717, 1.165) is 36.8 Å². The van der Waals surface area contributed by atoms with Gasteiger partial charge in [-0.05, 0) is 19.9 Å². The van der Waals surface area contributed by atoms with Crippen LogP contribution in [0.25, 0.3) is 4.96 Å². The molecular weight excluding hydrogens is 394 g/mol. The van der Waals surface area contributed by atoms with E-state index in [0.29, 0.717) is 25.6 Å². The average Bonchev–Trinajstić information content (AvgIpc) is 3.29. The summed E-state index contributed by atoms with van der Waals surface area (Å²) in [5.41, 5.74) is 1.00. The van der Waals surface area contributed by atoms with Crippen molar-refractivity contribution in [1.82, 2.24) is 24.9 Å². The Morgan fingerprint density at radius 1 is 1.24 bits per heavy atom. The Bertz CT molecular complexity index is 801. The van der Waals surface area contributed by atoms with Crippen LogP contribution in [0.5, 0.6) is 0 Å². The van der Waals surface area contributed by atoms with Gasteiger partial charge in [0.25, 0.3) is 5.97 Å². The van der Waals surface area contributed by atoms with Crippen LogP contribution in [0.3, 0.4) is 0 Å². The highest BCUT2D eigenvalue weighted by atomic mass is 32.1. The highest BCUT2D eigenvalue weighted by molar-refractivity contribution is 7.15. The van der Waals surface area contributed by atoms with Gasteiger partial charge in [0.15, 0.2) is 4.96 Å². The second kappa shape index (κ2) is 10.9. The second-order valence-electron chi connectivity index (χ2n) is 7.14. The first-order chi connectivity index (χ1) is 13.8. The minimum atomic E-state index is -0.833. The average molecular weight is 424 g/mol. The zero-order valence-electron chi connectivity index (χ0n) is 17.1. The Kier molecular flexibility index (Phi) is 8.59. The predicted octanol–water partition coefficient (Wildman–Crippen LogP) is 1.13. The maximum Gasteiger partial charge on any atom is 0.300 e. The summed E-state index contributed by atoms with van der Waals surface area (Å²) in [7, 11) is 2.04. The number of nitrogens with one attached hydrogen (secondary N) is 2. The molecule has 0 unspecified atom stereocenters. The zero-order valence-corrected chi connectivity index (χ0v) is 17.9. The van der Waals surface area contributed by atoms with Crippen LogP contribution in [-0.4, -0.2) is 69.4 Å². The molecule has 2 aromatic heterocycles. The Labute approximate surface area is 174 Å². The number of imidazole rings is 1. The van der Waals surface area contributed by atoms with Crippen LogP contribution in [0.2, 0.25) is 0 Å². The van der Waals surface area contributed by atoms with Crippen molar-refractivity contribution >= 4 is 34.1 Å². The number of rotatable bonds is 7. The van der Waals surface area contributed by atoms with Crippen molar-refractivity contribution in [3.8, 4) is 0 Å². The number of carbonyl (C=O) groups is 3. The first-order valence-corrected chi connectivity index (χ1v) is 10.5. The molecule has 0 radical (unpaired) electrons. The van der Waals surface area contributed by atoms with Crippen molar-refractivity contribution in [2.45, 2.75) is 51.6 Å². The molecule has 2 aromatic rings. The lowest BCUT2D eigenvalue weighted by atomic mass is 10.1. The Hall–Kier alpha value is -2.46. The molecule has 0 aromatic carbocycles. The molecule has 3 rings (SSSR count). The number of aliphatic carboxylic acids is 1. The molecule has 0 aliphatic carbocycles. The van der Waals surface area contributed by atoms with E-state index in [9.17, 15) is 9.59 Å². The van der Waals surface area contributed by atoms with Gasteiger partial charge in [-0.15, -0.1) is 11.3 Å². The highest BCUT2D eigenvalue weighted by Crippen LogP contribution is 2.24. The van der Waals surface area contributed by atoms with Crippen LogP contribution in [0.1, 0.15) is 38.8 Å². The molecule has 1 fully saturated rings. The number of fused-ring (bicyclic) bond motifs is 1. The topological polar surface area (TPSA) is 116 Å². The molecule has 29 heavy (non-hydrogen) atoms. The van der Waals surface area contributed by atoms with E-state index >= 15 is 0 Å². The van der Waals surface area contributed by atoms with Crippen LogP contribution in [0, 0.1) is 0 Å². The molecule has 0 bridgehead atoms. The number of hydrogen-bond donors (Lipinski definition) is 3. The third-order valence-electron chi connectivity index (χ3n) is 4.84. The number of nitrogens with zero attached hydrogens (tertiary/aromatic N) is 3. The normalized spacial score (nSPS) is 18.9. The van der Waals surface area contributed by atoms with Crippen LogP contribution < -0.4 is 10.6 Å². The first-order valence-electron chi connectivity index (χ1n) is 9.60. The first kappa shape index (κ1) is 22.8. The van der Waals surface area contributed by atoms with Gasteiger partial charge in [0, 0.05) is 69.6 Å². The number of likely N-dealkylation sites (N-methyl/N-ethyl adjacent to an activating group) is 1. The molecule has 0 spiro atoms. The fourth-order valence-corrected chi connectivity index (χ4v) is 4.08. The summed E-state index contributed by atoms with van der Waals surface area (Å²) in [6.07, 6.45) is 7.25. The van der Waals surface area contributed by atoms with E-state index in [2.05, 4.69) is 20.5 Å². The summed E-state index contributed by atoms with van der Waals surface area (Å²) < 4.78 is 2.00. The van der Waals surface area contributed by atoms with Crippen molar-refractivity contribution in [1.29, 1.82) is 0 Å². The Morgan fingerprint density at radius 3 is 2.59 bits per heavy atom. The monoisotopic (exact) mass is 423 g/mol.